The molecule has 0 bridgehead atoms. The van der Waals surface area contributed by atoms with Gasteiger partial charge in [0.15, 0.2) is 0 Å². The molecule has 0 atom stereocenters. The van der Waals surface area contributed by atoms with E-state index in [1.165, 1.54) is 29.2 Å². The van der Waals surface area contributed by atoms with Gasteiger partial charge in [-0.25, -0.2) is 9.97 Å². The Morgan fingerprint density at radius 3 is 2.62 bits per heavy atom. The predicted octanol–water partition coefficient (Wildman–Crippen LogP) is 6.01. The van der Waals surface area contributed by atoms with Crippen molar-refractivity contribution in [2.75, 3.05) is 0 Å². The van der Waals surface area contributed by atoms with E-state index in [2.05, 4.69) is 15.0 Å². The third kappa shape index (κ3) is 4.17. The second-order valence-corrected chi connectivity index (χ2v) is 8.25. The number of alkyl halides is 3. The van der Waals surface area contributed by atoms with Gasteiger partial charge in [0.25, 0.3) is 5.56 Å². The molecule has 0 saturated carbocycles. The van der Waals surface area contributed by atoms with E-state index in [1.807, 2.05) is 23.6 Å². The van der Waals surface area contributed by atoms with Gasteiger partial charge < -0.3 is 4.98 Å². The number of nitrogens with one attached hydrogen (secondary N) is 1. The molecule has 0 amide bonds. The fraction of sp³-hybridized carbons (Fsp3) is 0.105. The summed E-state index contributed by atoms with van der Waals surface area (Å²) in [7, 11) is 0. The van der Waals surface area contributed by atoms with Gasteiger partial charge in [-0.2, -0.15) is 13.2 Å². The summed E-state index contributed by atoms with van der Waals surface area (Å²) in [6.45, 7) is 0. The summed E-state index contributed by atoms with van der Waals surface area (Å²) < 4.78 is 37.8. The highest BCUT2D eigenvalue weighted by Crippen LogP contribution is 2.35. The zero-order valence-corrected chi connectivity index (χ0v) is 16.8. The van der Waals surface area contributed by atoms with E-state index in [0.717, 1.165) is 17.8 Å². The number of thiophene rings is 1. The van der Waals surface area contributed by atoms with Gasteiger partial charge in [-0.05, 0) is 18.2 Å². The van der Waals surface area contributed by atoms with Crippen molar-refractivity contribution in [1.82, 2.24) is 15.0 Å². The van der Waals surface area contributed by atoms with E-state index in [-0.39, 0.29) is 11.3 Å². The van der Waals surface area contributed by atoms with Crippen LogP contribution < -0.4 is 5.56 Å². The molecule has 148 valence electrons. The van der Waals surface area contributed by atoms with Crippen LogP contribution in [0.15, 0.2) is 57.8 Å². The molecule has 0 aliphatic carbocycles. The van der Waals surface area contributed by atoms with E-state index < -0.39 is 11.7 Å². The molecule has 0 spiro atoms. The van der Waals surface area contributed by atoms with Crippen molar-refractivity contribution in [2.24, 2.45) is 0 Å². The maximum Gasteiger partial charge on any atom is 0.417 e. The van der Waals surface area contributed by atoms with Crippen molar-refractivity contribution >= 4 is 44.9 Å². The molecule has 3 aromatic heterocycles. The first-order valence-corrected chi connectivity index (χ1v) is 10.5. The average Bonchev–Trinajstić information content (AvgIpc) is 3.11. The largest absolute Gasteiger partial charge is 0.417 e. The normalized spacial score (nSPS) is 11.9. The number of nitrogens with zero attached hydrogens (tertiary/aromatic N) is 2. The van der Waals surface area contributed by atoms with Crippen LogP contribution in [0.3, 0.4) is 0 Å². The number of H-pyrrole nitrogens is 1. The number of pyridine rings is 1. The maximum absolute atomic E-state index is 12.7. The molecule has 3 heterocycles. The number of hydrogen-bond donors (Lipinski definition) is 1. The Labute approximate surface area is 175 Å². The van der Waals surface area contributed by atoms with Crippen molar-refractivity contribution in [3.8, 4) is 11.1 Å². The molecule has 4 nitrogen and oxygen atoms in total. The van der Waals surface area contributed by atoms with Crippen LogP contribution in [0.2, 0.25) is 5.02 Å². The van der Waals surface area contributed by atoms with Crippen LogP contribution >= 0.6 is 34.7 Å². The third-order valence-electron chi connectivity index (χ3n) is 4.08. The summed E-state index contributed by atoms with van der Waals surface area (Å²) in [5.74, 6) is 0.685. The van der Waals surface area contributed by atoms with Crippen LogP contribution in [0.4, 0.5) is 13.2 Å². The van der Waals surface area contributed by atoms with Crippen LogP contribution in [0.5, 0.6) is 0 Å². The minimum Gasteiger partial charge on any atom is -0.309 e. The summed E-state index contributed by atoms with van der Waals surface area (Å²) in [6.07, 6.45) is -3.64. The Kier molecular flexibility index (Phi) is 5.37. The van der Waals surface area contributed by atoms with E-state index in [0.29, 0.717) is 31.7 Å². The molecule has 29 heavy (non-hydrogen) atoms. The summed E-state index contributed by atoms with van der Waals surface area (Å²) in [6, 6.07) is 9.52. The van der Waals surface area contributed by atoms with Gasteiger partial charge >= 0.3 is 6.18 Å². The SMILES string of the molecule is O=c1[nH]c(CSc2ccc(C(F)(F)F)cn2)nc2scc(-c3ccccc3Cl)c12. The molecule has 1 N–H and O–H groups in total. The highest BCUT2D eigenvalue weighted by Gasteiger charge is 2.30. The minimum absolute atomic E-state index is 0.267. The number of benzene rings is 1. The molecule has 0 fully saturated rings. The van der Waals surface area contributed by atoms with Gasteiger partial charge in [0, 0.05) is 27.7 Å². The van der Waals surface area contributed by atoms with Crippen LogP contribution in [0.1, 0.15) is 11.4 Å². The smallest absolute Gasteiger partial charge is 0.309 e. The first-order chi connectivity index (χ1) is 13.8. The molecule has 0 radical (unpaired) electrons. The Balaban J connectivity index is 1.59. The van der Waals surface area contributed by atoms with Crippen molar-refractivity contribution in [3.63, 3.8) is 0 Å². The summed E-state index contributed by atoms with van der Waals surface area (Å²) in [5.41, 5.74) is 0.374. The third-order valence-corrected chi connectivity index (χ3v) is 6.23. The fourth-order valence-electron chi connectivity index (χ4n) is 2.72. The Bertz CT molecular complexity index is 1240. The molecule has 0 unspecified atom stereocenters. The lowest BCUT2D eigenvalue weighted by molar-refractivity contribution is -0.137. The number of aromatic nitrogens is 3. The number of thioether (sulfide) groups is 1. The molecule has 0 aliphatic heterocycles. The van der Waals surface area contributed by atoms with Gasteiger partial charge in [0.1, 0.15) is 10.7 Å². The quantitative estimate of drug-likeness (QED) is 0.384. The van der Waals surface area contributed by atoms with Gasteiger partial charge in [0.05, 0.1) is 21.7 Å². The number of fused-ring (bicyclic) bond motifs is 1. The zero-order valence-electron chi connectivity index (χ0n) is 14.5. The topological polar surface area (TPSA) is 58.6 Å². The van der Waals surface area contributed by atoms with Crippen LogP contribution in [-0.4, -0.2) is 15.0 Å². The maximum atomic E-state index is 12.7. The number of aromatic amines is 1. The predicted molar refractivity (Wildman–Crippen MR) is 109 cm³/mol. The Hall–Kier alpha value is -2.36. The van der Waals surface area contributed by atoms with Crippen molar-refractivity contribution in [1.29, 1.82) is 0 Å². The molecule has 0 aliphatic rings. The molecular formula is C19H11ClF3N3OS2. The van der Waals surface area contributed by atoms with Gasteiger partial charge in [-0.1, -0.05) is 41.6 Å². The molecule has 0 saturated heterocycles. The lowest BCUT2D eigenvalue weighted by atomic mass is 10.1. The Morgan fingerprint density at radius 1 is 1.14 bits per heavy atom. The number of rotatable bonds is 4. The molecule has 10 heteroatoms. The summed E-state index contributed by atoms with van der Waals surface area (Å²) in [5, 5.41) is 3.25. The van der Waals surface area contributed by atoms with Gasteiger partial charge in [-0.3, -0.25) is 4.79 Å². The first-order valence-electron chi connectivity index (χ1n) is 8.24. The van der Waals surface area contributed by atoms with Crippen LogP contribution in [0.25, 0.3) is 21.3 Å². The van der Waals surface area contributed by atoms with Crippen molar-refractivity contribution in [2.45, 2.75) is 17.0 Å². The van der Waals surface area contributed by atoms with Gasteiger partial charge in [-0.15, -0.1) is 11.3 Å². The van der Waals surface area contributed by atoms with E-state index in [9.17, 15) is 18.0 Å². The lowest BCUT2D eigenvalue weighted by Gasteiger charge is -2.06. The second-order valence-electron chi connectivity index (χ2n) is 5.99. The van der Waals surface area contributed by atoms with Crippen molar-refractivity contribution < 1.29 is 13.2 Å². The number of halogens is 4. The monoisotopic (exact) mass is 453 g/mol. The highest BCUT2D eigenvalue weighted by atomic mass is 35.5. The standard InChI is InChI=1S/C19H11ClF3N3OS2/c20-13-4-2-1-3-11(13)12-8-29-18-16(12)17(27)25-14(26-18)9-28-15-6-5-10(7-24-15)19(21,22)23/h1-8H,9H2,(H,25,26,27). The van der Waals surface area contributed by atoms with Crippen molar-refractivity contribution in [3.05, 3.63) is 74.7 Å². The van der Waals surface area contributed by atoms with E-state index >= 15 is 0 Å². The lowest BCUT2D eigenvalue weighted by Crippen LogP contribution is -2.10. The fourth-order valence-corrected chi connectivity index (χ4v) is 4.62. The van der Waals surface area contributed by atoms with Gasteiger partial charge in [0.2, 0.25) is 0 Å². The first kappa shape index (κ1) is 19.9. The highest BCUT2D eigenvalue weighted by molar-refractivity contribution is 7.98. The average molecular weight is 454 g/mol. The van der Waals surface area contributed by atoms with Crippen LogP contribution in [0, 0.1) is 0 Å². The second kappa shape index (κ2) is 7.81. The molecular weight excluding hydrogens is 443 g/mol. The van der Waals surface area contributed by atoms with E-state index in [4.69, 9.17) is 11.6 Å². The summed E-state index contributed by atoms with van der Waals surface area (Å²) >= 11 is 8.77. The minimum atomic E-state index is -4.42. The molecule has 4 rings (SSSR count). The summed E-state index contributed by atoms with van der Waals surface area (Å²) in [4.78, 5) is 24.2. The van der Waals surface area contributed by atoms with Crippen LogP contribution in [-0.2, 0) is 11.9 Å². The Morgan fingerprint density at radius 2 is 1.93 bits per heavy atom. The molecule has 4 aromatic rings. The number of hydrogen-bond acceptors (Lipinski definition) is 5. The van der Waals surface area contributed by atoms with E-state index in [1.54, 1.807) is 6.07 Å². The zero-order chi connectivity index (χ0) is 20.6. The molecule has 1 aromatic carbocycles.